The molecule has 2 atom stereocenters. The number of hydrogen-bond acceptors (Lipinski definition) is 6. The molecule has 9 heteroatoms. The van der Waals surface area contributed by atoms with Crippen LogP contribution in [0.4, 0.5) is 0 Å². The molecule has 0 amide bonds. The molecule has 0 aliphatic carbocycles. The summed E-state index contributed by atoms with van der Waals surface area (Å²) in [7, 11) is 2.00. The number of aliphatic carboxylic acids is 1. The number of carboxylic acids is 2. The smallest absolute Gasteiger partial charge is 0.343 e. The number of hydrogen-bond donors (Lipinski definition) is 4. The van der Waals surface area contributed by atoms with Crippen molar-refractivity contribution in [3.05, 3.63) is 23.3 Å². The van der Waals surface area contributed by atoms with Gasteiger partial charge in [-0.1, -0.05) is 19.3 Å². The Morgan fingerprint density at radius 1 is 1.42 bits per heavy atom. The zero-order chi connectivity index (χ0) is 19.3. The number of aromatic hydroxyl groups is 1. The maximum Gasteiger partial charge on any atom is 0.343 e. The first-order chi connectivity index (χ1) is 12.0. The lowest BCUT2D eigenvalue weighted by atomic mass is 9.81. The van der Waals surface area contributed by atoms with Crippen LogP contribution in [0, 0.1) is 0 Å². The van der Waals surface area contributed by atoms with E-state index >= 15 is 0 Å². The lowest BCUT2D eigenvalue weighted by Crippen LogP contribution is -2.62. The topological polar surface area (TPSA) is 133 Å². The minimum absolute atomic E-state index is 0.112. The fourth-order valence-corrected chi connectivity index (χ4v) is 3.15. The van der Waals surface area contributed by atoms with Crippen molar-refractivity contribution in [1.29, 1.82) is 0 Å². The summed E-state index contributed by atoms with van der Waals surface area (Å²) in [5.74, 6) is -2.48. The number of phenols is 1. The first kappa shape index (κ1) is 18.5. The van der Waals surface area contributed by atoms with Crippen molar-refractivity contribution in [3.8, 4) is 11.5 Å². The quantitative estimate of drug-likeness (QED) is 0.510. The number of ether oxygens (including phenoxy) is 1. The summed E-state index contributed by atoms with van der Waals surface area (Å²) in [6.07, 6.45) is 0.504. The standard InChI is InChI=1S/C17H22BN2O6/c1-16(7-18-16)10-3-4-11(12(13(10)21)14(22)23)26-9-5-20(6-9)8-17(2,19)15(24)25/h3-4,9,21H,5-8,19H2,1-2H3,(H,22,23)(H,24,25)/t16-,17-/m1/s1. The molecule has 2 aliphatic rings. The molecule has 8 nitrogen and oxygen atoms in total. The number of aromatic carboxylic acids is 1. The lowest BCUT2D eigenvalue weighted by molar-refractivity contribution is -0.144. The van der Waals surface area contributed by atoms with Crippen molar-refractivity contribution in [1.82, 2.24) is 4.90 Å². The van der Waals surface area contributed by atoms with Gasteiger partial charge in [0.2, 0.25) is 0 Å². The van der Waals surface area contributed by atoms with E-state index in [4.69, 9.17) is 15.6 Å². The zero-order valence-electron chi connectivity index (χ0n) is 14.7. The van der Waals surface area contributed by atoms with Gasteiger partial charge in [0.25, 0.3) is 0 Å². The maximum absolute atomic E-state index is 11.6. The van der Waals surface area contributed by atoms with Crippen molar-refractivity contribution >= 4 is 19.2 Å². The predicted molar refractivity (Wildman–Crippen MR) is 94.1 cm³/mol. The second-order valence-corrected chi connectivity index (χ2v) is 7.62. The van der Waals surface area contributed by atoms with E-state index in [0.29, 0.717) is 18.7 Å². The second kappa shape index (κ2) is 6.17. The van der Waals surface area contributed by atoms with E-state index in [1.807, 2.05) is 19.1 Å². The van der Waals surface area contributed by atoms with Gasteiger partial charge in [0.05, 0.1) is 0 Å². The molecule has 2 fully saturated rings. The molecular formula is C17H22BN2O6. The van der Waals surface area contributed by atoms with Crippen molar-refractivity contribution in [2.75, 3.05) is 19.6 Å². The van der Waals surface area contributed by atoms with Crippen LogP contribution in [-0.4, -0.2) is 70.7 Å². The Morgan fingerprint density at radius 3 is 2.54 bits per heavy atom. The van der Waals surface area contributed by atoms with Crippen LogP contribution in [0.5, 0.6) is 11.5 Å². The van der Waals surface area contributed by atoms with Crippen molar-refractivity contribution in [2.24, 2.45) is 5.73 Å². The van der Waals surface area contributed by atoms with Gasteiger partial charge in [-0.15, -0.1) is 0 Å². The average molecular weight is 361 g/mol. The summed E-state index contributed by atoms with van der Waals surface area (Å²) in [6, 6.07) is 3.27. The molecule has 2 heterocycles. The Hall–Kier alpha value is -2.26. The highest BCUT2D eigenvalue weighted by Gasteiger charge is 2.44. The van der Waals surface area contributed by atoms with Crippen LogP contribution in [0.15, 0.2) is 12.1 Å². The Morgan fingerprint density at radius 2 is 2.04 bits per heavy atom. The minimum atomic E-state index is -1.35. The van der Waals surface area contributed by atoms with Crippen LogP contribution in [0.1, 0.15) is 29.8 Å². The van der Waals surface area contributed by atoms with E-state index in [1.54, 1.807) is 12.1 Å². The highest BCUT2D eigenvalue weighted by atomic mass is 16.5. The molecule has 1 aromatic rings. The molecule has 0 aromatic heterocycles. The summed E-state index contributed by atoms with van der Waals surface area (Å²) < 4.78 is 5.74. The van der Waals surface area contributed by atoms with Gasteiger partial charge in [-0.25, -0.2) is 4.79 Å². The largest absolute Gasteiger partial charge is 0.507 e. The van der Waals surface area contributed by atoms with E-state index in [9.17, 15) is 19.8 Å². The van der Waals surface area contributed by atoms with Gasteiger partial charge in [0.15, 0.2) is 0 Å². The van der Waals surface area contributed by atoms with Crippen LogP contribution in [-0.2, 0) is 10.1 Å². The molecule has 1 aromatic carbocycles. The molecule has 3 rings (SSSR count). The summed E-state index contributed by atoms with van der Waals surface area (Å²) in [5.41, 5.74) is 4.71. The molecule has 26 heavy (non-hydrogen) atoms. The Bertz CT molecular complexity index is 756. The average Bonchev–Trinajstić information content (AvgIpc) is 3.22. The molecule has 0 saturated carbocycles. The Balaban J connectivity index is 1.69. The molecule has 0 spiro atoms. The van der Waals surface area contributed by atoms with E-state index in [2.05, 4.69) is 0 Å². The SMILES string of the molecule is C[C@@](N)(CN1CC(Oc2ccc([C@]3(C)[B]C3)c(O)c2C(=O)O)C1)C(=O)O. The van der Waals surface area contributed by atoms with Crippen molar-refractivity contribution in [3.63, 3.8) is 0 Å². The third-order valence-corrected chi connectivity index (χ3v) is 5.04. The third kappa shape index (κ3) is 3.36. The lowest BCUT2D eigenvalue weighted by Gasteiger charge is -2.41. The molecule has 0 bridgehead atoms. The second-order valence-electron chi connectivity index (χ2n) is 7.62. The van der Waals surface area contributed by atoms with Crippen LogP contribution >= 0.6 is 0 Å². The van der Waals surface area contributed by atoms with Gasteiger partial charge >= 0.3 is 11.9 Å². The molecule has 5 N–H and O–H groups in total. The predicted octanol–water partition coefficient (Wildman–Crippen LogP) is 0.307. The van der Waals surface area contributed by atoms with Gasteiger partial charge in [0, 0.05) is 19.6 Å². The fourth-order valence-electron chi connectivity index (χ4n) is 3.15. The number of carbonyl (C=O) groups is 2. The normalized spacial score (nSPS) is 24.9. The van der Waals surface area contributed by atoms with Crippen LogP contribution in [0.25, 0.3) is 0 Å². The van der Waals surface area contributed by atoms with Gasteiger partial charge in [0.1, 0.15) is 36.0 Å². The molecule has 139 valence electrons. The van der Waals surface area contributed by atoms with Crippen LogP contribution < -0.4 is 10.5 Å². The highest BCUT2D eigenvalue weighted by molar-refractivity contribution is 6.54. The maximum atomic E-state index is 11.6. The third-order valence-electron chi connectivity index (χ3n) is 5.04. The van der Waals surface area contributed by atoms with E-state index in [0.717, 1.165) is 6.32 Å². The molecular weight excluding hydrogens is 339 g/mol. The Labute approximate surface area is 151 Å². The first-order valence-corrected chi connectivity index (χ1v) is 8.39. The van der Waals surface area contributed by atoms with Crippen molar-refractivity contribution in [2.45, 2.75) is 37.1 Å². The van der Waals surface area contributed by atoms with Gasteiger partial charge in [-0.2, -0.15) is 0 Å². The number of rotatable bonds is 7. The molecule has 2 saturated heterocycles. The van der Waals surface area contributed by atoms with Gasteiger partial charge in [-0.3, -0.25) is 9.69 Å². The zero-order valence-corrected chi connectivity index (χ0v) is 14.7. The fraction of sp³-hybridized carbons (Fsp3) is 0.529. The summed E-state index contributed by atoms with van der Waals surface area (Å²) >= 11 is 0. The van der Waals surface area contributed by atoms with E-state index in [-0.39, 0.29) is 35.0 Å². The molecule has 1 radical (unpaired) electrons. The van der Waals surface area contributed by atoms with Crippen LogP contribution in [0.2, 0.25) is 6.32 Å². The molecule has 2 aliphatic heterocycles. The van der Waals surface area contributed by atoms with E-state index in [1.165, 1.54) is 6.92 Å². The monoisotopic (exact) mass is 361 g/mol. The first-order valence-electron chi connectivity index (χ1n) is 8.39. The van der Waals surface area contributed by atoms with E-state index < -0.39 is 17.5 Å². The summed E-state index contributed by atoms with van der Waals surface area (Å²) in [4.78, 5) is 24.5. The minimum Gasteiger partial charge on any atom is -0.507 e. The van der Waals surface area contributed by atoms with Gasteiger partial charge < -0.3 is 25.8 Å². The number of likely N-dealkylation sites (tertiary alicyclic amines) is 1. The van der Waals surface area contributed by atoms with Crippen LogP contribution in [0.3, 0.4) is 0 Å². The number of carboxylic acid groups (broad SMARTS) is 2. The number of nitrogens with two attached hydrogens (primary N) is 1. The highest BCUT2D eigenvalue weighted by Crippen LogP contribution is 2.47. The Kier molecular flexibility index (Phi) is 4.40. The number of nitrogens with zero attached hydrogens (tertiary/aromatic N) is 1. The number of benzene rings is 1. The summed E-state index contributed by atoms with van der Waals surface area (Å²) in [5, 5.41) is 28.7. The summed E-state index contributed by atoms with van der Waals surface area (Å²) in [6.45, 7) is 4.43. The van der Waals surface area contributed by atoms with Crippen molar-refractivity contribution < 1.29 is 29.6 Å². The molecule has 0 unspecified atom stereocenters. The van der Waals surface area contributed by atoms with Gasteiger partial charge in [-0.05, 0) is 23.9 Å².